The molecule has 0 radical (unpaired) electrons. The van der Waals surface area contributed by atoms with E-state index >= 15 is 0 Å². The molecule has 0 atom stereocenters. The van der Waals surface area contributed by atoms with Crippen LogP contribution in [0.4, 0.5) is 4.39 Å². The Labute approximate surface area is 125 Å². The van der Waals surface area contributed by atoms with E-state index in [1.165, 1.54) is 12.1 Å². The fourth-order valence-corrected chi connectivity index (χ4v) is 3.10. The minimum atomic E-state index is -3.81. The molecule has 0 saturated carbocycles. The van der Waals surface area contributed by atoms with E-state index in [9.17, 15) is 12.8 Å². The van der Waals surface area contributed by atoms with Crippen molar-refractivity contribution in [2.24, 2.45) is 0 Å². The topological polar surface area (TPSA) is 67.4 Å². The van der Waals surface area contributed by atoms with Gasteiger partial charge in [-0.25, -0.2) is 17.5 Å². The maximum atomic E-state index is 13.7. The first-order valence-corrected chi connectivity index (χ1v) is 8.41. The lowest BCUT2D eigenvalue weighted by molar-refractivity contribution is 0.192. The summed E-state index contributed by atoms with van der Waals surface area (Å²) >= 11 is 0. The van der Waals surface area contributed by atoms with Crippen molar-refractivity contribution in [1.82, 2.24) is 10.0 Å². The Morgan fingerprint density at radius 3 is 2.67 bits per heavy atom. The number of methoxy groups -OCH3 is 1. The summed E-state index contributed by atoms with van der Waals surface area (Å²) in [6.07, 6.45) is 2.43. The van der Waals surface area contributed by atoms with Crippen molar-refractivity contribution < 1.29 is 17.5 Å². The molecule has 0 amide bonds. The normalized spacial score (nSPS) is 11.8. The van der Waals surface area contributed by atoms with Crippen molar-refractivity contribution in [3.8, 4) is 0 Å². The Morgan fingerprint density at radius 2 is 2.00 bits per heavy atom. The Bertz CT molecular complexity index is 535. The van der Waals surface area contributed by atoms with Crippen LogP contribution in [0.2, 0.25) is 0 Å². The van der Waals surface area contributed by atoms with E-state index in [-0.39, 0.29) is 4.90 Å². The highest BCUT2D eigenvalue weighted by Crippen LogP contribution is 2.16. The van der Waals surface area contributed by atoms with Crippen LogP contribution in [-0.4, -0.2) is 35.7 Å². The molecule has 0 saturated heterocycles. The van der Waals surface area contributed by atoms with Gasteiger partial charge in [0.05, 0.1) is 0 Å². The first-order valence-electron chi connectivity index (χ1n) is 6.93. The second-order valence-electron chi connectivity index (χ2n) is 4.75. The molecule has 0 fully saturated rings. The van der Waals surface area contributed by atoms with Gasteiger partial charge in [-0.2, -0.15) is 0 Å². The second kappa shape index (κ2) is 9.09. The Balaban J connectivity index is 2.63. The smallest absolute Gasteiger partial charge is 0.243 e. The van der Waals surface area contributed by atoms with Crippen LogP contribution in [0.15, 0.2) is 23.1 Å². The molecular weight excluding hydrogens is 295 g/mol. The molecule has 7 heteroatoms. The van der Waals surface area contributed by atoms with E-state index in [0.29, 0.717) is 26.1 Å². The molecule has 5 nitrogen and oxygen atoms in total. The molecule has 2 N–H and O–H groups in total. The summed E-state index contributed by atoms with van der Waals surface area (Å²) in [6, 6.07) is 4.11. The predicted octanol–water partition coefficient (Wildman–Crippen LogP) is 1.64. The molecule has 0 unspecified atom stereocenters. The van der Waals surface area contributed by atoms with Crippen LogP contribution >= 0.6 is 0 Å². The second-order valence-corrected chi connectivity index (χ2v) is 6.48. The molecule has 0 spiro atoms. The van der Waals surface area contributed by atoms with Gasteiger partial charge < -0.3 is 10.1 Å². The number of ether oxygens (including phenoxy) is 1. The molecular formula is C14H23FN2O3S. The molecule has 0 bridgehead atoms. The van der Waals surface area contributed by atoms with E-state index in [1.807, 2.05) is 0 Å². The van der Waals surface area contributed by atoms with Crippen molar-refractivity contribution in [2.75, 3.05) is 27.3 Å². The zero-order valence-electron chi connectivity index (χ0n) is 12.5. The Hall–Kier alpha value is -1.02. The zero-order valence-corrected chi connectivity index (χ0v) is 13.3. The van der Waals surface area contributed by atoms with Gasteiger partial charge in [0, 0.05) is 26.8 Å². The number of unbranched alkanes of at least 4 members (excludes halogenated alkanes) is 2. The van der Waals surface area contributed by atoms with E-state index in [2.05, 4.69) is 10.0 Å². The maximum absolute atomic E-state index is 13.7. The lowest BCUT2D eigenvalue weighted by Gasteiger charge is -2.09. The van der Waals surface area contributed by atoms with Gasteiger partial charge in [0.15, 0.2) is 0 Å². The molecule has 1 aromatic carbocycles. The lowest BCUT2D eigenvalue weighted by atomic mass is 10.2. The van der Waals surface area contributed by atoms with Crippen molar-refractivity contribution in [3.63, 3.8) is 0 Å². The van der Waals surface area contributed by atoms with Crippen LogP contribution in [0, 0.1) is 5.82 Å². The third-order valence-electron chi connectivity index (χ3n) is 2.98. The van der Waals surface area contributed by atoms with Crippen molar-refractivity contribution >= 4 is 10.0 Å². The largest absolute Gasteiger partial charge is 0.385 e. The summed E-state index contributed by atoms with van der Waals surface area (Å²) in [4.78, 5) is -0.299. The number of rotatable bonds is 10. The lowest BCUT2D eigenvalue weighted by Crippen LogP contribution is -2.26. The SMILES string of the molecule is CNCc1ccc(F)c(S(=O)(=O)NCCCCCOC)c1. The van der Waals surface area contributed by atoms with Crippen LogP contribution in [0.1, 0.15) is 24.8 Å². The van der Waals surface area contributed by atoms with E-state index in [4.69, 9.17) is 4.74 Å². The Morgan fingerprint density at radius 1 is 1.24 bits per heavy atom. The summed E-state index contributed by atoms with van der Waals surface area (Å²) in [5.74, 6) is -0.735. The van der Waals surface area contributed by atoms with Gasteiger partial charge in [0.2, 0.25) is 10.0 Å². The van der Waals surface area contributed by atoms with Crippen molar-refractivity contribution in [3.05, 3.63) is 29.6 Å². The summed E-state index contributed by atoms with van der Waals surface area (Å²) in [5, 5.41) is 2.90. The maximum Gasteiger partial charge on any atom is 0.243 e. The first-order chi connectivity index (χ1) is 10.0. The molecule has 0 aliphatic carbocycles. The van der Waals surface area contributed by atoms with Crippen LogP contribution in [0.3, 0.4) is 0 Å². The summed E-state index contributed by atoms with van der Waals surface area (Å²) in [5.41, 5.74) is 0.722. The standard InChI is InChI=1S/C14H23FN2O3S/c1-16-11-12-6-7-13(15)14(10-12)21(18,19)17-8-4-3-5-9-20-2/h6-7,10,16-17H,3-5,8-9,11H2,1-2H3. The minimum absolute atomic E-state index is 0.293. The van der Waals surface area contributed by atoms with Gasteiger partial charge in [0.1, 0.15) is 10.7 Å². The fraction of sp³-hybridized carbons (Fsp3) is 0.571. The van der Waals surface area contributed by atoms with Gasteiger partial charge in [0.25, 0.3) is 0 Å². The monoisotopic (exact) mass is 318 g/mol. The van der Waals surface area contributed by atoms with Crippen LogP contribution in [0.5, 0.6) is 0 Å². The summed E-state index contributed by atoms with van der Waals surface area (Å²) in [6.45, 7) is 1.44. The van der Waals surface area contributed by atoms with E-state index < -0.39 is 15.8 Å². The number of halogens is 1. The number of benzene rings is 1. The van der Waals surface area contributed by atoms with Crippen LogP contribution in [0.25, 0.3) is 0 Å². The molecule has 1 rings (SSSR count). The van der Waals surface area contributed by atoms with Crippen molar-refractivity contribution in [2.45, 2.75) is 30.7 Å². The van der Waals surface area contributed by atoms with Gasteiger partial charge in [-0.1, -0.05) is 6.07 Å². The third kappa shape index (κ3) is 6.09. The van der Waals surface area contributed by atoms with E-state index in [1.54, 1.807) is 20.2 Å². The summed E-state index contributed by atoms with van der Waals surface area (Å²) < 4.78 is 45.3. The average Bonchev–Trinajstić information content (AvgIpc) is 2.45. The predicted molar refractivity (Wildman–Crippen MR) is 80.1 cm³/mol. The summed E-state index contributed by atoms with van der Waals surface area (Å²) in [7, 11) is -0.434. The Kier molecular flexibility index (Phi) is 7.81. The number of hydrogen-bond acceptors (Lipinski definition) is 4. The highest BCUT2D eigenvalue weighted by atomic mass is 32.2. The van der Waals surface area contributed by atoms with E-state index in [0.717, 1.165) is 18.4 Å². The highest BCUT2D eigenvalue weighted by molar-refractivity contribution is 7.89. The number of hydrogen-bond donors (Lipinski definition) is 2. The van der Waals surface area contributed by atoms with Crippen LogP contribution in [-0.2, 0) is 21.3 Å². The molecule has 0 aromatic heterocycles. The molecule has 0 heterocycles. The number of nitrogens with one attached hydrogen (secondary N) is 2. The fourth-order valence-electron chi connectivity index (χ4n) is 1.90. The van der Waals surface area contributed by atoms with Crippen molar-refractivity contribution in [1.29, 1.82) is 0 Å². The van der Waals surface area contributed by atoms with Gasteiger partial charge >= 0.3 is 0 Å². The zero-order chi connectivity index (χ0) is 15.7. The minimum Gasteiger partial charge on any atom is -0.385 e. The number of sulfonamides is 1. The first kappa shape index (κ1) is 18.0. The molecule has 0 aliphatic heterocycles. The molecule has 21 heavy (non-hydrogen) atoms. The third-order valence-corrected chi connectivity index (χ3v) is 4.46. The molecule has 0 aliphatic rings. The van der Waals surface area contributed by atoms with Gasteiger partial charge in [-0.3, -0.25) is 0 Å². The quantitative estimate of drug-likeness (QED) is 0.644. The van der Waals surface area contributed by atoms with Gasteiger partial charge in [-0.15, -0.1) is 0 Å². The average molecular weight is 318 g/mol. The molecule has 120 valence electrons. The van der Waals surface area contributed by atoms with Crippen LogP contribution < -0.4 is 10.0 Å². The highest BCUT2D eigenvalue weighted by Gasteiger charge is 2.18. The van der Waals surface area contributed by atoms with Gasteiger partial charge in [-0.05, 0) is 44.0 Å². The molecule has 1 aromatic rings.